The highest BCUT2D eigenvalue weighted by atomic mass is 19.3. The smallest absolute Gasteiger partial charge is 0.255 e. The number of alkyl halides is 2. The fourth-order valence-electron chi connectivity index (χ4n) is 2.19. The highest BCUT2D eigenvalue weighted by Gasteiger charge is 2.27. The van der Waals surface area contributed by atoms with Gasteiger partial charge in [0.25, 0.3) is 6.43 Å². The Morgan fingerprint density at radius 1 is 1.44 bits per heavy atom. The van der Waals surface area contributed by atoms with Gasteiger partial charge in [-0.3, -0.25) is 4.79 Å². The van der Waals surface area contributed by atoms with Crippen molar-refractivity contribution in [2.24, 2.45) is 0 Å². The molecule has 3 nitrogen and oxygen atoms in total. The maximum atomic E-state index is 12.2. The Labute approximate surface area is 105 Å². The summed E-state index contributed by atoms with van der Waals surface area (Å²) in [6.45, 7) is 0.0910. The van der Waals surface area contributed by atoms with Gasteiger partial charge in [-0.05, 0) is 17.5 Å². The molecule has 0 spiro atoms. The van der Waals surface area contributed by atoms with Gasteiger partial charge in [-0.15, -0.1) is 0 Å². The van der Waals surface area contributed by atoms with E-state index < -0.39 is 19.0 Å². The molecule has 1 aromatic rings. The van der Waals surface area contributed by atoms with Crippen LogP contribution in [-0.2, 0) is 17.8 Å². The summed E-state index contributed by atoms with van der Waals surface area (Å²) in [6.07, 6.45) is -1.93. The van der Waals surface area contributed by atoms with Crippen LogP contribution in [0.3, 0.4) is 0 Å². The molecular formula is C13H16F2N2O. The lowest BCUT2D eigenvalue weighted by atomic mass is 9.95. The summed E-state index contributed by atoms with van der Waals surface area (Å²) >= 11 is 0. The molecule has 0 saturated heterocycles. The van der Waals surface area contributed by atoms with E-state index in [0.29, 0.717) is 13.0 Å². The van der Waals surface area contributed by atoms with Gasteiger partial charge in [-0.1, -0.05) is 24.3 Å². The molecule has 5 heteroatoms. The predicted octanol–water partition coefficient (Wildman–Crippen LogP) is 1.42. The van der Waals surface area contributed by atoms with Crippen molar-refractivity contribution >= 4 is 5.91 Å². The van der Waals surface area contributed by atoms with Gasteiger partial charge < -0.3 is 10.2 Å². The molecule has 0 bridgehead atoms. The van der Waals surface area contributed by atoms with Crippen molar-refractivity contribution < 1.29 is 13.6 Å². The molecule has 0 aliphatic carbocycles. The van der Waals surface area contributed by atoms with Crippen molar-refractivity contribution in [3.63, 3.8) is 0 Å². The van der Waals surface area contributed by atoms with Gasteiger partial charge >= 0.3 is 0 Å². The van der Waals surface area contributed by atoms with Gasteiger partial charge in [-0.25, -0.2) is 8.78 Å². The average molecular weight is 254 g/mol. The van der Waals surface area contributed by atoms with Crippen LogP contribution in [0.25, 0.3) is 0 Å². The molecule has 1 atom stereocenters. The van der Waals surface area contributed by atoms with Crippen LogP contribution in [0.1, 0.15) is 11.1 Å². The van der Waals surface area contributed by atoms with Crippen LogP contribution >= 0.6 is 0 Å². The van der Waals surface area contributed by atoms with E-state index in [4.69, 9.17) is 0 Å². The van der Waals surface area contributed by atoms with Crippen LogP contribution in [-0.4, -0.2) is 36.9 Å². The number of fused-ring (bicyclic) bond motifs is 1. The third-order valence-electron chi connectivity index (χ3n) is 3.17. The highest BCUT2D eigenvalue weighted by Crippen LogP contribution is 2.17. The third kappa shape index (κ3) is 2.85. The Morgan fingerprint density at radius 2 is 2.11 bits per heavy atom. The first kappa shape index (κ1) is 13.0. The molecule has 1 aromatic carbocycles. The molecule has 0 saturated carbocycles. The minimum Gasteiger partial charge on any atom is -0.339 e. The van der Waals surface area contributed by atoms with E-state index in [0.717, 1.165) is 16.0 Å². The molecule has 0 aromatic heterocycles. The molecule has 1 N–H and O–H groups in total. The number of amides is 1. The van der Waals surface area contributed by atoms with E-state index in [1.54, 1.807) is 0 Å². The second-order valence-electron chi connectivity index (χ2n) is 4.52. The van der Waals surface area contributed by atoms with E-state index >= 15 is 0 Å². The number of halogens is 2. The summed E-state index contributed by atoms with van der Waals surface area (Å²) in [5.74, 6) is -0.273. The lowest BCUT2D eigenvalue weighted by Gasteiger charge is -2.28. The zero-order valence-electron chi connectivity index (χ0n) is 10.2. The van der Waals surface area contributed by atoms with Crippen LogP contribution in [0.4, 0.5) is 8.78 Å². The average Bonchev–Trinajstić information content (AvgIpc) is 2.36. The number of hydrogen-bond donors (Lipinski definition) is 1. The summed E-state index contributed by atoms with van der Waals surface area (Å²) < 4.78 is 24.5. The van der Waals surface area contributed by atoms with E-state index in [1.165, 1.54) is 7.05 Å². The number of carbonyl (C=O) groups excluding carboxylic acids is 1. The highest BCUT2D eigenvalue weighted by molar-refractivity contribution is 5.82. The molecule has 1 heterocycles. The monoisotopic (exact) mass is 254 g/mol. The van der Waals surface area contributed by atoms with Crippen LogP contribution < -0.4 is 5.32 Å². The van der Waals surface area contributed by atoms with Crippen molar-refractivity contribution in [2.75, 3.05) is 13.6 Å². The number of likely N-dealkylation sites (N-methyl/N-ethyl adjacent to an activating group) is 1. The van der Waals surface area contributed by atoms with Gasteiger partial charge in [0.1, 0.15) is 0 Å². The molecule has 1 unspecified atom stereocenters. The molecule has 0 fully saturated rings. The molecule has 1 amide bonds. The van der Waals surface area contributed by atoms with E-state index in [-0.39, 0.29) is 5.91 Å². The Bertz CT molecular complexity index is 437. The van der Waals surface area contributed by atoms with E-state index in [2.05, 4.69) is 5.32 Å². The summed E-state index contributed by atoms with van der Waals surface area (Å²) in [4.78, 5) is 13.1. The van der Waals surface area contributed by atoms with Crippen molar-refractivity contribution in [2.45, 2.75) is 25.4 Å². The normalized spacial score (nSPS) is 18.6. The number of benzene rings is 1. The molecule has 2 rings (SSSR count). The summed E-state index contributed by atoms with van der Waals surface area (Å²) in [5, 5.41) is 3.09. The lowest BCUT2D eigenvalue weighted by molar-refractivity contribution is -0.134. The van der Waals surface area contributed by atoms with Crippen molar-refractivity contribution in [3.8, 4) is 0 Å². The first-order valence-corrected chi connectivity index (χ1v) is 5.91. The molecule has 1 aliphatic heterocycles. The van der Waals surface area contributed by atoms with Gasteiger partial charge in [0.2, 0.25) is 5.91 Å². The summed E-state index contributed by atoms with van der Waals surface area (Å²) in [6, 6.07) is 7.46. The largest absolute Gasteiger partial charge is 0.339 e. The quantitative estimate of drug-likeness (QED) is 0.885. The predicted molar refractivity (Wildman–Crippen MR) is 64.4 cm³/mol. The van der Waals surface area contributed by atoms with Crippen LogP contribution in [0.2, 0.25) is 0 Å². The summed E-state index contributed by atoms with van der Waals surface area (Å²) in [5.41, 5.74) is 2.28. The van der Waals surface area contributed by atoms with Gasteiger partial charge in [0, 0.05) is 13.6 Å². The molecule has 1 aliphatic rings. The topological polar surface area (TPSA) is 32.3 Å². The zero-order valence-corrected chi connectivity index (χ0v) is 10.2. The number of nitrogens with one attached hydrogen (secondary N) is 1. The molecule has 98 valence electrons. The van der Waals surface area contributed by atoms with Crippen LogP contribution in [0.15, 0.2) is 24.3 Å². The van der Waals surface area contributed by atoms with Gasteiger partial charge in [-0.2, -0.15) is 0 Å². The van der Waals surface area contributed by atoms with Crippen LogP contribution in [0.5, 0.6) is 0 Å². The standard InChI is InChI=1S/C13H16F2N2O/c1-17(8-12(14)15)13(18)11-6-9-4-2-3-5-10(9)7-16-11/h2-5,11-12,16H,6-8H2,1H3. The number of rotatable bonds is 3. The van der Waals surface area contributed by atoms with Crippen molar-refractivity contribution in [1.82, 2.24) is 10.2 Å². The Hall–Kier alpha value is -1.49. The second kappa shape index (κ2) is 5.44. The van der Waals surface area contributed by atoms with Gasteiger partial charge in [0.05, 0.1) is 12.6 Å². The minimum atomic E-state index is -2.49. The second-order valence-corrected chi connectivity index (χ2v) is 4.52. The third-order valence-corrected chi connectivity index (χ3v) is 3.17. The Kier molecular flexibility index (Phi) is 3.91. The Balaban J connectivity index is 2.02. The van der Waals surface area contributed by atoms with Crippen molar-refractivity contribution in [3.05, 3.63) is 35.4 Å². The first-order valence-electron chi connectivity index (χ1n) is 5.91. The number of hydrogen-bond acceptors (Lipinski definition) is 2. The molecular weight excluding hydrogens is 238 g/mol. The van der Waals surface area contributed by atoms with Gasteiger partial charge in [0.15, 0.2) is 0 Å². The lowest BCUT2D eigenvalue weighted by Crippen LogP contribution is -2.49. The maximum Gasteiger partial charge on any atom is 0.255 e. The fourth-order valence-corrected chi connectivity index (χ4v) is 2.19. The fraction of sp³-hybridized carbons (Fsp3) is 0.462. The van der Waals surface area contributed by atoms with Crippen molar-refractivity contribution in [1.29, 1.82) is 0 Å². The SMILES string of the molecule is CN(CC(F)F)C(=O)C1Cc2ccccc2CN1. The summed E-state index contributed by atoms with van der Waals surface area (Å²) in [7, 11) is 1.41. The van der Waals surface area contributed by atoms with E-state index in [1.807, 2.05) is 24.3 Å². The Morgan fingerprint density at radius 3 is 2.78 bits per heavy atom. The zero-order chi connectivity index (χ0) is 13.1. The first-order chi connectivity index (χ1) is 8.58. The minimum absolute atomic E-state index is 0.273. The maximum absolute atomic E-state index is 12.2. The van der Waals surface area contributed by atoms with E-state index in [9.17, 15) is 13.6 Å². The number of carbonyl (C=O) groups is 1. The van der Waals surface area contributed by atoms with Crippen LogP contribution in [0, 0.1) is 0 Å². The molecule has 18 heavy (non-hydrogen) atoms. The number of nitrogens with zero attached hydrogens (tertiary/aromatic N) is 1. The molecule has 0 radical (unpaired) electrons.